The summed E-state index contributed by atoms with van der Waals surface area (Å²) in [7, 11) is 0. The van der Waals surface area contributed by atoms with Crippen molar-refractivity contribution in [3.05, 3.63) is 29.6 Å². The van der Waals surface area contributed by atoms with Crippen LogP contribution in [0, 0.1) is 5.82 Å². The number of amides is 1. The Labute approximate surface area is 115 Å². The second-order valence-electron chi connectivity index (χ2n) is 5.03. The van der Waals surface area contributed by atoms with Crippen molar-refractivity contribution in [1.29, 1.82) is 0 Å². The molecule has 0 radical (unpaired) electrons. The molecule has 1 aromatic rings. The van der Waals surface area contributed by atoms with Crippen molar-refractivity contribution in [2.45, 2.75) is 31.2 Å². The number of rotatable bonds is 4. The van der Waals surface area contributed by atoms with Crippen LogP contribution in [0.1, 0.15) is 31.1 Å². The first-order valence-corrected chi connectivity index (χ1v) is 6.64. The van der Waals surface area contributed by atoms with Crippen LogP contribution in [0.5, 0.6) is 0 Å². The van der Waals surface area contributed by atoms with Crippen molar-refractivity contribution in [3.63, 3.8) is 0 Å². The molecule has 0 aliphatic heterocycles. The normalized spacial score (nSPS) is 11.2. The van der Waals surface area contributed by atoms with Gasteiger partial charge >= 0.3 is 5.97 Å². The third-order valence-corrected chi connectivity index (χ3v) is 3.05. The molecule has 0 fully saturated rings. The van der Waals surface area contributed by atoms with Crippen molar-refractivity contribution < 1.29 is 19.1 Å². The molecule has 0 atom stereocenters. The Morgan fingerprint density at radius 3 is 2.53 bits per heavy atom. The van der Waals surface area contributed by atoms with Gasteiger partial charge in [-0.3, -0.25) is 4.79 Å². The van der Waals surface area contributed by atoms with Crippen LogP contribution in [0.2, 0.25) is 0 Å². The SMILES string of the molecule is CC(C)(C)NC(=O)CSc1ccc(F)c(C(=O)O)c1. The van der Waals surface area contributed by atoms with E-state index in [4.69, 9.17) is 5.11 Å². The fourth-order valence-electron chi connectivity index (χ4n) is 1.36. The molecule has 0 aliphatic rings. The number of hydrogen-bond acceptors (Lipinski definition) is 3. The predicted molar refractivity (Wildman–Crippen MR) is 72.0 cm³/mol. The minimum Gasteiger partial charge on any atom is -0.478 e. The first-order chi connectivity index (χ1) is 8.69. The van der Waals surface area contributed by atoms with Crippen LogP contribution in [0.4, 0.5) is 4.39 Å². The quantitative estimate of drug-likeness (QED) is 0.834. The molecule has 1 rings (SSSR count). The minimum absolute atomic E-state index is 0.154. The summed E-state index contributed by atoms with van der Waals surface area (Å²) in [6.45, 7) is 5.61. The van der Waals surface area contributed by atoms with E-state index in [0.717, 1.165) is 6.07 Å². The lowest BCUT2D eigenvalue weighted by atomic mass is 10.1. The van der Waals surface area contributed by atoms with Gasteiger partial charge in [-0.25, -0.2) is 9.18 Å². The molecule has 1 aromatic carbocycles. The van der Waals surface area contributed by atoms with Crippen LogP contribution in [0.3, 0.4) is 0 Å². The molecule has 104 valence electrons. The van der Waals surface area contributed by atoms with E-state index >= 15 is 0 Å². The molecule has 6 heteroatoms. The molecule has 0 heterocycles. The highest BCUT2D eigenvalue weighted by molar-refractivity contribution is 8.00. The average molecular weight is 285 g/mol. The zero-order valence-electron chi connectivity index (χ0n) is 11.0. The molecule has 0 bridgehead atoms. The highest BCUT2D eigenvalue weighted by Crippen LogP contribution is 2.21. The molecular weight excluding hydrogens is 269 g/mol. The highest BCUT2D eigenvalue weighted by atomic mass is 32.2. The summed E-state index contributed by atoms with van der Waals surface area (Å²) in [6.07, 6.45) is 0. The molecule has 1 amide bonds. The number of carboxylic acid groups (broad SMARTS) is 1. The molecule has 0 unspecified atom stereocenters. The predicted octanol–water partition coefficient (Wildman–Crippen LogP) is 2.53. The van der Waals surface area contributed by atoms with Gasteiger partial charge in [0, 0.05) is 10.4 Å². The highest BCUT2D eigenvalue weighted by Gasteiger charge is 2.15. The molecule has 0 aromatic heterocycles. The lowest BCUT2D eigenvalue weighted by molar-refractivity contribution is -0.119. The van der Waals surface area contributed by atoms with Crippen LogP contribution < -0.4 is 5.32 Å². The van der Waals surface area contributed by atoms with Crippen LogP contribution in [-0.4, -0.2) is 28.3 Å². The van der Waals surface area contributed by atoms with Crippen LogP contribution in [-0.2, 0) is 4.79 Å². The largest absolute Gasteiger partial charge is 0.478 e. The topological polar surface area (TPSA) is 66.4 Å². The summed E-state index contributed by atoms with van der Waals surface area (Å²) >= 11 is 1.17. The number of thioether (sulfide) groups is 1. The third kappa shape index (κ3) is 5.30. The molecule has 0 saturated carbocycles. The molecule has 0 aliphatic carbocycles. The summed E-state index contributed by atoms with van der Waals surface area (Å²) in [5, 5.41) is 11.6. The summed E-state index contributed by atoms with van der Waals surface area (Å²) in [6, 6.07) is 3.77. The Morgan fingerprint density at radius 1 is 1.37 bits per heavy atom. The lowest BCUT2D eigenvalue weighted by Crippen LogP contribution is -2.41. The summed E-state index contributed by atoms with van der Waals surface area (Å²) < 4.78 is 13.2. The van der Waals surface area contributed by atoms with Crippen molar-refractivity contribution in [3.8, 4) is 0 Å². The van der Waals surface area contributed by atoms with E-state index in [0.29, 0.717) is 4.90 Å². The molecule has 19 heavy (non-hydrogen) atoms. The maximum absolute atomic E-state index is 13.2. The lowest BCUT2D eigenvalue weighted by Gasteiger charge is -2.20. The van der Waals surface area contributed by atoms with E-state index in [1.165, 1.54) is 23.9 Å². The Hall–Kier alpha value is -1.56. The zero-order valence-corrected chi connectivity index (χ0v) is 11.8. The van der Waals surface area contributed by atoms with Gasteiger partial charge in [-0.05, 0) is 39.0 Å². The second kappa shape index (κ2) is 6.06. The Bertz CT molecular complexity index is 497. The van der Waals surface area contributed by atoms with Gasteiger partial charge in [0.2, 0.25) is 5.91 Å². The minimum atomic E-state index is -1.32. The summed E-state index contributed by atoms with van der Waals surface area (Å²) in [5.74, 6) is -2.10. The molecular formula is C13H16FNO3S. The van der Waals surface area contributed by atoms with E-state index in [1.54, 1.807) is 0 Å². The maximum atomic E-state index is 13.2. The first kappa shape index (κ1) is 15.5. The molecule has 0 saturated heterocycles. The molecule has 0 spiro atoms. The Balaban J connectivity index is 2.66. The van der Waals surface area contributed by atoms with Gasteiger partial charge in [-0.15, -0.1) is 11.8 Å². The Kier molecular flexibility index (Phi) is 4.94. The summed E-state index contributed by atoms with van der Waals surface area (Å²) in [4.78, 5) is 22.9. The van der Waals surface area contributed by atoms with Gasteiger partial charge in [-0.1, -0.05) is 0 Å². The number of hydrogen-bond donors (Lipinski definition) is 2. The van der Waals surface area contributed by atoms with E-state index < -0.39 is 11.8 Å². The van der Waals surface area contributed by atoms with Crippen molar-refractivity contribution in [2.75, 3.05) is 5.75 Å². The van der Waals surface area contributed by atoms with Gasteiger partial charge in [0.15, 0.2) is 0 Å². The number of carboxylic acids is 1. The van der Waals surface area contributed by atoms with Crippen molar-refractivity contribution in [2.24, 2.45) is 0 Å². The standard InChI is InChI=1S/C13H16FNO3S/c1-13(2,3)15-11(16)7-19-8-4-5-10(14)9(6-8)12(17)18/h4-6H,7H2,1-3H3,(H,15,16)(H,17,18). The molecule has 2 N–H and O–H groups in total. The van der Waals surface area contributed by atoms with E-state index in [-0.39, 0.29) is 22.8 Å². The second-order valence-corrected chi connectivity index (χ2v) is 6.08. The fourth-order valence-corrected chi connectivity index (χ4v) is 2.10. The number of aromatic carboxylic acids is 1. The van der Waals surface area contributed by atoms with Gasteiger partial charge in [0.05, 0.1) is 11.3 Å². The number of carbonyl (C=O) groups is 2. The first-order valence-electron chi connectivity index (χ1n) is 5.66. The molecule has 4 nitrogen and oxygen atoms in total. The van der Waals surface area contributed by atoms with Crippen molar-refractivity contribution >= 4 is 23.6 Å². The smallest absolute Gasteiger partial charge is 0.338 e. The van der Waals surface area contributed by atoms with Crippen LogP contribution >= 0.6 is 11.8 Å². The monoisotopic (exact) mass is 285 g/mol. The van der Waals surface area contributed by atoms with Gasteiger partial charge in [-0.2, -0.15) is 0 Å². The van der Waals surface area contributed by atoms with Gasteiger partial charge in [0.1, 0.15) is 5.82 Å². The van der Waals surface area contributed by atoms with Crippen LogP contribution in [0.15, 0.2) is 23.1 Å². The third-order valence-electron chi connectivity index (χ3n) is 2.05. The number of nitrogens with one attached hydrogen (secondary N) is 1. The summed E-state index contributed by atoms with van der Waals surface area (Å²) in [5.41, 5.74) is -0.701. The van der Waals surface area contributed by atoms with Crippen LogP contribution in [0.25, 0.3) is 0 Å². The number of halogens is 1. The Morgan fingerprint density at radius 2 is 2.00 bits per heavy atom. The fraction of sp³-hybridized carbons (Fsp3) is 0.385. The van der Waals surface area contributed by atoms with Crippen molar-refractivity contribution in [1.82, 2.24) is 5.32 Å². The number of carbonyl (C=O) groups excluding carboxylic acids is 1. The zero-order chi connectivity index (χ0) is 14.6. The van der Waals surface area contributed by atoms with E-state index in [1.807, 2.05) is 20.8 Å². The average Bonchev–Trinajstić information content (AvgIpc) is 2.25. The van der Waals surface area contributed by atoms with E-state index in [9.17, 15) is 14.0 Å². The number of benzene rings is 1. The van der Waals surface area contributed by atoms with Gasteiger partial charge < -0.3 is 10.4 Å². The maximum Gasteiger partial charge on any atom is 0.338 e. The van der Waals surface area contributed by atoms with Gasteiger partial charge in [0.25, 0.3) is 0 Å². The van der Waals surface area contributed by atoms with E-state index in [2.05, 4.69) is 5.32 Å².